The molecule has 1 aromatic carbocycles. The first-order valence-electron chi connectivity index (χ1n) is 5.76. The van der Waals surface area contributed by atoms with E-state index in [-0.39, 0.29) is 0 Å². The molecule has 0 saturated heterocycles. The molecule has 2 rings (SSSR count). The van der Waals surface area contributed by atoms with Crippen molar-refractivity contribution in [1.82, 2.24) is 10.3 Å². The molecule has 102 valence electrons. The third-order valence-electron chi connectivity index (χ3n) is 2.48. The van der Waals surface area contributed by atoms with Gasteiger partial charge in [0, 0.05) is 22.5 Å². The topological polar surface area (TPSA) is 34.1 Å². The largest absolute Gasteiger partial charge is 0.485 e. The molecular weight excluding hydrogens is 303 g/mol. The van der Waals surface area contributed by atoms with Gasteiger partial charge >= 0.3 is 0 Å². The van der Waals surface area contributed by atoms with E-state index in [1.54, 1.807) is 17.4 Å². The van der Waals surface area contributed by atoms with Gasteiger partial charge in [0.1, 0.15) is 12.4 Å². The Morgan fingerprint density at radius 2 is 2.16 bits per heavy atom. The Labute approximate surface area is 126 Å². The molecule has 0 aliphatic carbocycles. The lowest BCUT2D eigenvalue weighted by atomic mass is 10.2. The van der Waals surface area contributed by atoms with Crippen LogP contribution >= 0.6 is 34.5 Å². The van der Waals surface area contributed by atoms with E-state index in [1.165, 1.54) is 0 Å². The van der Waals surface area contributed by atoms with Gasteiger partial charge in [-0.2, -0.15) is 0 Å². The van der Waals surface area contributed by atoms with Crippen LogP contribution < -0.4 is 10.1 Å². The van der Waals surface area contributed by atoms with E-state index in [1.807, 2.05) is 25.4 Å². The van der Waals surface area contributed by atoms with E-state index in [4.69, 9.17) is 27.9 Å². The maximum Gasteiger partial charge on any atom is 0.143 e. The molecule has 0 fully saturated rings. The molecular formula is C13H14Cl2N2OS. The lowest BCUT2D eigenvalue weighted by molar-refractivity contribution is 0.298. The lowest BCUT2D eigenvalue weighted by Crippen LogP contribution is -2.08. The Hall–Kier alpha value is -0.810. The molecule has 0 radical (unpaired) electrons. The molecule has 0 aliphatic rings. The summed E-state index contributed by atoms with van der Waals surface area (Å²) in [5.74, 6) is 0.658. The van der Waals surface area contributed by atoms with Crippen molar-refractivity contribution in [2.75, 3.05) is 7.05 Å². The number of nitrogens with zero attached hydrogens (tertiary/aromatic N) is 1. The van der Waals surface area contributed by atoms with E-state index in [0.717, 1.165) is 16.3 Å². The summed E-state index contributed by atoms with van der Waals surface area (Å²) in [6, 6.07) is 3.54. The number of thiazole rings is 1. The minimum absolute atomic E-state index is 0.405. The van der Waals surface area contributed by atoms with E-state index in [9.17, 15) is 0 Å². The summed E-state index contributed by atoms with van der Waals surface area (Å²) in [7, 11) is 1.86. The van der Waals surface area contributed by atoms with Crippen molar-refractivity contribution >= 4 is 34.5 Å². The maximum atomic E-state index is 6.19. The highest BCUT2D eigenvalue weighted by Crippen LogP contribution is 2.33. The fraction of sp³-hybridized carbons (Fsp3) is 0.308. The van der Waals surface area contributed by atoms with Gasteiger partial charge in [-0.25, -0.2) is 4.98 Å². The standard InChI is InChI=1S/C13H14Cl2N2OS/c1-8-17-11(7-19-8)6-18-13-9(5-16-2)3-10(14)4-12(13)15/h3-4,7,16H,5-6H2,1-2H3. The van der Waals surface area contributed by atoms with Crippen LogP contribution in [0.4, 0.5) is 0 Å². The molecule has 0 unspecified atom stereocenters. The van der Waals surface area contributed by atoms with Crippen LogP contribution in [0.3, 0.4) is 0 Å². The number of aromatic nitrogens is 1. The molecule has 0 spiro atoms. The average molecular weight is 317 g/mol. The second-order valence-electron chi connectivity index (χ2n) is 4.05. The van der Waals surface area contributed by atoms with Gasteiger partial charge in [0.15, 0.2) is 0 Å². The molecule has 19 heavy (non-hydrogen) atoms. The second kappa shape index (κ2) is 6.57. The first-order valence-corrected chi connectivity index (χ1v) is 7.40. The number of nitrogens with one attached hydrogen (secondary N) is 1. The number of aryl methyl sites for hydroxylation is 1. The molecule has 0 saturated carbocycles. The minimum atomic E-state index is 0.405. The molecule has 1 heterocycles. The van der Waals surface area contributed by atoms with Crippen LogP contribution in [0.2, 0.25) is 10.0 Å². The Morgan fingerprint density at radius 1 is 1.37 bits per heavy atom. The van der Waals surface area contributed by atoms with Crippen LogP contribution in [0.15, 0.2) is 17.5 Å². The Balaban J connectivity index is 2.18. The smallest absolute Gasteiger partial charge is 0.143 e. The number of hydrogen-bond donors (Lipinski definition) is 1. The van der Waals surface area contributed by atoms with Crippen molar-refractivity contribution < 1.29 is 4.74 Å². The van der Waals surface area contributed by atoms with Gasteiger partial charge in [-0.15, -0.1) is 11.3 Å². The normalized spacial score (nSPS) is 10.7. The molecule has 1 N–H and O–H groups in total. The number of rotatable bonds is 5. The third-order valence-corrected chi connectivity index (χ3v) is 3.80. The van der Waals surface area contributed by atoms with Gasteiger partial charge in [0.05, 0.1) is 15.7 Å². The summed E-state index contributed by atoms with van der Waals surface area (Å²) in [6.45, 7) is 3.02. The van der Waals surface area contributed by atoms with Crippen LogP contribution in [0.25, 0.3) is 0 Å². The summed E-state index contributed by atoms with van der Waals surface area (Å²) in [6.07, 6.45) is 0. The summed E-state index contributed by atoms with van der Waals surface area (Å²) in [5.41, 5.74) is 1.84. The summed E-state index contributed by atoms with van der Waals surface area (Å²) >= 11 is 13.8. The number of ether oxygens (including phenoxy) is 1. The zero-order chi connectivity index (χ0) is 13.8. The number of benzene rings is 1. The second-order valence-corrected chi connectivity index (χ2v) is 5.96. The van der Waals surface area contributed by atoms with Crippen LogP contribution in [0.1, 0.15) is 16.3 Å². The van der Waals surface area contributed by atoms with Crippen molar-refractivity contribution in [2.45, 2.75) is 20.1 Å². The van der Waals surface area contributed by atoms with Gasteiger partial charge in [0.25, 0.3) is 0 Å². The Morgan fingerprint density at radius 3 is 2.79 bits per heavy atom. The van der Waals surface area contributed by atoms with Gasteiger partial charge in [-0.05, 0) is 26.1 Å². The van der Waals surface area contributed by atoms with E-state index < -0.39 is 0 Å². The number of hydrogen-bond acceptors (Lipinski definition) is 4. The van der Waals surface area contributed by atoms with Crippen molar-refractivity contribution in [2.24, 2.45) is 0 Å². The van der Waals surface area contributed by atoms with Crippen LogP contribution in [-0.4, -0.2) is 12.0 Å². The fourth-order valence-electron chi connectivity index (χ4n) is 1.72. The van der Waals surface area contributed by atoms with Crippen molar-refractivity contribution in [3.05, 3.63) is 43.8 Å². The maximum absolute atomic E-state index is 6.19. The molecule has 6 heteroatoms. The van der Waals surface area contributed by atoms with E-state index >= 15 is 0 Å². The van der Waals surface area contributed by atoms with Gasteiger partial charge in [-0.1, -0.05) is 23.2 Å². The third kappa shape index (κ3) is 3.83. The Bertz CT molecular complexity index is 572. The number of halogens is 2. The summed E-state index contributed by atoms with van der Waals surface area (Å²) in [5, 5.41) is 7.20. The van der Waals surface area contributed by atoms with Crippen LogP contribution in [-0.2, 0) is 13.2 Å². The molecule has 0 atom stereocenters. The van der Waals surface area contributed by atoms with Crippen LogP contribution in [0, 0.1) is 6.92 Å². The summed E-state index contributed by atoms with van der Waals surface area (Å²) < 4.78 is 5.79. The van der Waals surface area contributed by atoms with Crippen LogP contribution in [0.5, 0.6) is 5.75 Å². The SMILES string of the molecule is CNCc1cc(Cl)cc(Cl)c1OCc1csc(C)n1. The lowest BCUT2D eigenvalue weighted by Gasteiger charge is -2.13. The predicted octanol–water partition coefficient (Wildman–Crippen LogP) is 4.06. The van der Waals surface area contributed by atoms with E-state index in [2.05, 4.69) is 10.3 Å². The predicted molar refractivity (Wildman–Crippen MR) is 80.4 cm³/mol. The molecule has 0 bridgehead atoms. The first-order chi connectivity index (χ1) is 9.10. The highest BCUT2D eigenvalue weighted by atomic mass is 35.5. The first kappa shape index (κ1) is 14.6. The molecule has 2 aromatic rings. The van der Waals surface area contributed by atoms with Crippen molar-refractivity contribution in [1.29, 1.82) is 0 Å². The minimum Gasteiger partial charge on any atom is -0.485 e. The summed E-state index contributed by atoms with van der Waals surface area (Å²) in [4.78, 5) is 4.36. The zero-order valence-electron chi connectivity index (χ0n) is 10.7. The zero-order valence-corrected chi connectivity index (χ0v) is 13.0. The highest BCUT2D eigenvalue weighted by molar-refractivity contribution is 7.09. The molecule has 0 aliphatic heterocycles. The molecule has 3 nitrogen and oxygen atoms in total. The Kier molecular flexibility index (Phi) is 5.05. The quantitative estimate of drug-likeness (QED) is 0.903. The molecule has 0 amide bonds. The van der Waals surface area contributed by atoms with Crippen molar-refractivity contribution in [3.8, 4) is 5.75 Å². The van der Waals surface area contributed by atoms with E-state index in [0.29, 0.717) is 28.9 Å². The van der Waals surface area contributed by atoms with Gasteiger partial charge in [-0.3, -0.25) is 0 Å². The fourth-order valence-corrected chi connectivity index (χ4v) is 2.91. The highest BCUT2D eigenvalue weighted by Gasteiger charge is 2.11. The molecule has 1 aromatic heterocycles. The monoisotopic (exact) mass is 316 g/mol. The average Bonchev–Trinajstić information content (AvgIpc) is 2.74. The van der Waals surface area contributed by atoms with Gasteiger partial charge < -0.3 is 10.1 Å². The van der Waals surface area contributed by atoms with Gasteiger partial charge in [0.2, 0.25) is 0 Å². The van der Waals surface area contributed by atoms with Crippen molar-refractivity contribution in [3.63, 3.8) is 0 Å².